The van der Waals surface area contributed by atoms with Gasteiger partial charge < -0.3 is 10.0 Å². The summed E-state index contributed by atoms with van der Waals surface area (Å²) >= 11 is 0. The van der Waals surface area contributed by atoms with E-state index in [-0.39, 0.29) is 12.5 Å². The number of carbonyl (C=O) groups excluding carboxylic acids is 1. The maximum Gasteiger partial charge on any atom is 0.223 e. The molecule has 1 atom stereocenters. The number of hydrogen-bond acceptors (Lipinski definition) is 2. The van der Waals surface area contributed by atoms with E-state index in [9.17, 15) is 4.79 Å². The molecule has 0 aromatic rings. The highest BCUT2D eigenvalue weighted by Crippen LogP contribution is 2.22. The van der Waals surface area contributed by atoms with Crippen molar-refractivity contribution in [2.75, 3.05) is 13.7 Å². The lowest BCUT2D eigenvalue weighted by Crippen LogP contribution is -2.47. The third kappa shape index (κ3) is 3.06. The van der Waals surface area contributed by atoms with Gasteiger partial charge in [-0.3, -0.25) is 4.79 Å². The topological polar surface area (TPSA) is 40.5 Å². The van der Waals surface area contributed by atoms with Crippen molar-refractivity contribution in [2.45, 2.75) is 38.6 Å². The van der Waals surface area contributed by atoms with Crippen LogP contribution in [0.3, 0.4) is 0 Å². The highest BCUT2D eigenvalue weighted by molar-refractivity contribution is 5.77. The van der Waals surface area contributed by atoms with Crippen LogP contribution in [0.15, 0.2) is 12.2 Å². The Morgan fingerprint density at radius 2 is 2.27 bits per heavy atom. The lowest BCUT2D eigenvalue weighted by molar-refractivity contribution is -0.136. The van der Waals surface area contributed by atoms with Gasteiger partial charge >= 0.3 is 0 Å². The maximum absolute atomic E-state index is 11.9. The van der Waals surface area contributed by atoms with Gasteiger partial charge in [-0.1, -0.05) is 12.2 Å². The molecule has 1 rings (SSSR count). The van der Waals surface area contributed by atoms with Crippen LogP contribution >= 0.6 is 0 Å². The number of nitrogens with zero attached hydrogens (tertiary/aromatic N) is 1. The van der Waals surface area contributed by atoms with E-state index >= 15 is 0 Å². The first kappa shape index (κ1) is 12.2. The van der Waals surface area contributed by atoms with Gasteiger partial charge in [0.2, 0.25) is 5.91 Å². The molecule has 0 radical (unpaired) electrons. The zero-order valence-corrected chi connectivity index (χ0v) is 9.86. The molecule has 0 heterocycles. The maximum atomic E-state index is 11.9. The molecule has 1 N–H and O–H groups in total. The minimum absolute atomic E-state index is 0.00422. The van der Waals surface area contributed by atoms with Crippen molar-refractivity contribution in [3.63, 3.8) is 0 Å². The van der Waals surface area contributed by atoms with Crippen LogP contribution in [0.25, 0.3) is 0 Å². The quantitative estimate of drug-likeness (QED) is 0.717. The van der Waals surface area contributed by atoms with E-state index in [4.69, 9.17) is 5.11 Å². The Morgan fingerprint density at radius 3 is 2.73 bits per heavy atom. The fourth-order valence-electron chi connectivity index (χ4n) is 1.67. The number of allylic oxidation sites excluding steroid dienone is 2. The van der Waals surface area contributed by atoms with Gasteiger partial charge in [0.05, 0.1) is 12.1 Å². The number of carbonyl (C=O) groups is 1. The van der Waals surface area contributed by atoms with Crippen molar-refractivity contribution >= 4 is 5.91 Å². The van der Waals surface area contributed by atoms with Crippen LogP contribution in [-0.4, -0.2) is 35.1 Å². The standard InChI is InChI=1S/C12H21NO2/c1-12(2,9-14)13(3)11(15)8-10-6-4-5-7-10/h4,6,10,14H,5,7-9H2,1-3H3. The minimum atomic E-state index is -0.459. The molecule has 0 saturated heterocycles. The van der Waals surface area contributed by atoms with Crippen LogP contribution in [0.4, 0.5) is 0 Å². The number of aliphatic hydroxyl groups excluding tert-OH is 1. The van der Waals surface area contributed by atoms with E-state index in [1.807, 2.05) is 13.8 Å². The van der Waals surface area contributed by atoms with Crippen molar-refractivity contribution in [1.29, 1.82) is 0 Å². The Morgan fingerprint density at radius 1 is 1.60 bits per heavy atom. The Bertz CT molecular complexity index is 258. The van der Waals surface area contributed by atoms with Gasteiger partial charge in [-0.25, -0.2) is 0 Å². The fourth-order valence-corrected chi connectivity index (χ4v) is 1.67. The van der Waals surface area contributed by atoms with Crippen LogP contribution in [0.2, 0.25) is 0 Å². The third-order valence-corrected chi connectivity index (χ3v) is 3.22. The first-order valence-corrected chi connectivity index (χ1v) is 5.51. The molecule has 3 nitrogen and oxygen atoms in total. The first-order valence-electron chi connectivity index (χ1n) is 5.51. The summed E-state index contributed by atoms with van der Waals surface area (Å²) in [6, 6.07) is 0. The summed E-state index contributed by atoms with van der Waals surface area (Å²) in [6.07, 6.45) is 6.99. The van der Waals surface area contributed by atoms with Gasteiger partial charge in [0.1, 0.15) is 0 Å². The molecule has 0 fully saturated rings. The highest BCUT2D eigenvalue weighted by Gasteiger charge is 2.27. The lowest BCUT2D eigenvalue weighted by atomic mass is 10.0. The smallest absolute Gasteiger partial charge is 0.223 e. The van der Waals surface area contributed by atoms with Crippen LogP contribution < -0.4 is 0 Å². The molecule has 0 spiro atoms. The summed E-state index contributed by atoms with van der Waals surface area (Å²) in [6.45, 7) is 3.74. The summed E-state index contributed by atoms with van der Waals surface area (Å²) < 4.78 is 0. The summed E-state index contributed by atoms with van der Waals surface area (Å²) in [7, 11) is 1.76. The lowest BCUT2D eigenvalue weighted by Gasteiger charge is -2.34. The molecule has 0 aromatic heterocycles. The van der Waals surface area contributed by atoms with Crippen molar-refractivity contribution < 1.29 is 9.90 Å². The normalized spacial score (nSPS) is 20.7. The molecular weight excluding hydrogens is 190 g/mol. The number of amides is 1. The molecule has 1 aliphatic rings. The number of aliphatic hydroxyl groups is 1. The Balaban J connectivity index is 2.49. The summed E-state index contributed by atoms with van der Waals surface area (Å²) in [4.78, 5) is 13.5. The van der Waals surface area contributed by atoms with E-state index in [1.54, 1.807) is 11.9 Å². The molecule has 0 aliphatic heterocycles. The van der Waals surface area contributed by atoms with E-state index < -0.39 is 5.54 Å². The monoisotopic (exact) mass is 211 g/mol. The van der Waals surface area contributed by atoms with Crippen molar-refractivity contribution in [1.82, 2.24) is 4.90 Å². The fraction of sp³-hybridized carbons (Fsp3) is 0.750. The SMILES string of the molecule is CN(C(=O)CC1C=CCC1)C(C)(C)CO. The zero-order chi connectivity index (χ0) is 11.5. The van der Waals surface area contributed by atoms with Gasteiger partial charge in [0, 0.05) is 13.5 Å². The molecule has 86 valence electrons. The first-order chi connectivity index (χ1) is 6.97. The molecule has 0 saturated carbocycles. The zero-order valence-electron chi connectivity index (χ0n) is 9.86. The Kier molecular flexibility index (Phi) is 3.91. The summed E-state index contributed by atoms with van der Waals surface area (Å²) in [5.74, 6) is 0.514. The van der Waals surface area contributed by atoms with Crippen LogP contribution in [-0.2, 0) is 4.79 Å². The van der Waals surface area contributed by atoms with Crippen LogP contribution in [0.1, 0.15) is 33.1 Å². The molecule has 1 aliphatic carbocycles. The molecule has 1 amide bonds. The van der Waals surface area contributed by atoms with Crippen LogP contribution in [0, 0.1) is 5.92 Å². The highest BCUT2D eigenvalue weighted by atomic mass is 16.3. The molecule has 0 bridgehead atoms. The Labute approximate surface area is 91.8 Å². The minimum Gasteiger partial charge on any atom is -0.394 e. The summed E-state index contributed by atoms with van der Waals surface area (Å²) in [5.41, 5.74) is -0.459. The number of likely N-dealkylation sites (N-methyl/N-ethyl adjacent to an activating group) is 1. The van der Waals surface area contributed by atoms with Gasteiger partial charge in [0.15, 0.2) is 0 Å². The van der Waals surface area contributed by atoms with Gasteiger partial charge in [-0.05, 0) is 32.6 Å². The molecule has 3 heteroatoms. The van der Waals surface area contributed by atoms with E-state index in [0.717, 1.165) is 12.8 Å². The van der Waals surface area contributed by atoms with Crippen LogP contribution in [0.5, 0.6) is 0 Å². The van der Waals surface area contributed by atoms with Gasteiger partial charge in [-0.15, -0.1) is 0 Å². The molecule has 1 unspecified atom stereocenters. The van der Waals surface area contributed by atoms with Gasteiger partial charge in [-0.2, -0.15) is 0 Å². The second kappa shape index (κ2) is 4.79. The van der Waals surface area contributed by atoms with E-state index in [0.29, 0.717) is 12.3 Å². The average molecular weight is 211 g/mol. The summed E-state index contributed by atoms with van der Waals surface area (Å²) in [5, 5.41) is 9.17. The van der Waals surface area contributed by atoms with E-state index in [2.05, 4.69) is 12.2 Å². The van der Waals surface area contributed by atoms with E-state index in [1.165, 1.54) is 0 Å². The predicted octanol–water partition coefficient (Wildman–Crippen LogP) is 1.57. The predicted molar refractivity (Wildman–Crippen MR) is 60.4 cm³/mol. The Hall–Kier alpha value is -0.830. The number of rotatable bonds is 4. The third-order valence-electron chi connectivity index (χ3n) is 3.22. The average Bonchev–Trinajstić information content (AvgIpc) is 2.69. The van der Waals surface area contributed by atoms with Crippen molar-refractivity contribution in [3.05, 3.63) is 12.2 Å². The number of hydrogen-bond donors (Lipinski definition) is 1. The molecular formula is C12H21NO2. The molecule has 0 aromatic carbocycles. The molecule has 15 heavy (non-hydrogen) atoms. The largest absolute Gasteiger partial charge is 0.394 e. The second-order valence-corrected chi connectivity index (χ2v) is 4.89. The van der Waals surface area contributed by atoms with Gasteiger partial charge in [0.25, 0.3) is 0 Å². The van der Waals surface area contributed by atoms with Crippen molar-refractivity contribution in [3.8, 4) is 0 Å². The van der Waals surface area contributed by atoms with Crippen molar-refractivity contribution in [2.24, 2.45) is 5.92 Å². The second-order valence-electron chi connectivity index (χ2n) is 4.89.